The van der Waals surface area contributed by atoms with Crippen molar-refractivity contribution in [2.45, 2.75) is 6.42 Å². The number of nitrogens with zero attached hydrogens (tertiary/aromatic N) is 1. The van der Waals surface area contributed by atoms with Crippen molar-refractivity contribution in [3.63, 3.8) is 0 Å². The lowest BCUT2D eigenvalue weighted by Crippen LogP contribution is -2.14. The van der Waals surface area contributed by atoms with Gasteiger partial charge in [-0.3, -0.25) is 9.59 Å². The van der Waals surface area contributed by atoms with E-state index in [1.54, 1.807) is 31.4 Å². The molecule has 1 heterocycles. The molecule has 2 aromatic rings. The van der Waals surface area contributed by atoms with Gasteiger partial charge in [-0.05, 0) is 24.3 Å². The van der Waals surface area contributed by atoms with Gasteiger partial charge in [0, 0.05) is 11.6 Å². The number of esters is 1. The molecule has 0 fully saturated rings. The normalized spacial score (nSPS) is 10.1. The van der Waals surface area contributed by atoms with Gasteiger partial charge < -0.3 is 14.5 Å². The summed E-state index contributed by atoms with van der Waals surface area (Å²) in [5.41, 5.74) is 0.783. The first-order chi connectivity index (χ1) is 9.62. The highest BCUT2D eigenvalue weighted by molar-refractivity contribution is 5.72. The van der Waals surface area contributed by atoms with E-state index in [2.05, 4.69) is 14.7 Å². The summed E-state index contributed by atoms with van der Waals surface area (Å²) in [6, 6.07) is 8.37. The van der Waals surface area contributed by atoms with Crippen molar-refractivity contribution < 1.29 is 14.3 Å². The number of ether oxygens (including phenoxy) is 2. The molecule has 0 aliphatic rings. The highest BCUT2D eigenvalue weighted by atomic mass is 16.5. The fourth-order valence-electron chi connectivity index (χ4n) is 1.70. The molecule has 0 saturated carbocycles. The molecule has 0 aliphatic carbocycles. The van der Waals surface area contributed by atoms with Crippen LogP contribution in [0, 0.1) is 0 Å². The second kappa shape index (κ2) is 6.01. The number of aromatic nitrogens is 2. The van der Waals surface area contributed by atoms with Crippen molar-refractivity contribution in [2.75, 3.05) is 14.2 Å². The van der Waals surface area contributed by atoms with E-state index in [0.29, 0.717) is 17.3 Å². The Balaban J connectivity index is 2.35. The number of carbonyl (C=O) groups excluding carboxylic acids is 1. The second-order valence-electron chi connectivity index (χ2n) is 4.07. The summed E-state index contributed by atoms with van der Waals surface area (Å²) in [6.07, 6.45) is -0.0381. The lowest BCUT2D eigenvalue weighted by Gasteiger charge is -2.05. The van der Waals surface area contributed by atoms with Crippen LogP contribution in [0.25, 0.3) is 11.4 Å². The van der Waals surface area contributed by atoms with Gasteiger partial charge in [-0.1, -0.05) is 0 Å². The molecular formula is C14H14N2O4. The zero-order valence-corrected chi connectivity index (χ0v) is 11.2. The summed E-state index contributed by atoms with van der Waals surface area (Å²) < 4.78 is 9.63. The lowest BCUT2D eigenvalue weighted by molar-refractivity contribution is -0.139. The molecule has 2 rings (SSSR count). The topological polar surface area (TPSA) is 81.3 Å². The molecule has 104 valence electrons. The molecule has 6 nitrogen and oxygen atoms in total. The summed E-state index contributed by atoms with van der Waals surface area (Å²) in [4.78, 5) is 29.7. The van der Waals surface area contributed by atoms with Crippen molar-refractivity contribution in [3.8, 4) is 17.1 Å². The standard InChI is InChI=1S/C14H14N2O4/c1-19-11-5-3-9(4-6-11)14-15-10(7-12(17)16-14)8-13(18)20-2/h3-7H,8H2,1-2H3,(H,15,16,17). The van der Waals surface area contributed by atoms with Crippen molar-refractivity contribution in [3.05, 3.63) is 46.4 Å². The molecule has 0 atom stereocenters. The molecule has 0 bridgehead atoms. The Labute approximate surface area is 115 Å². The predicted molar refractivity (Wildman–Crippen MR) is 72.6 cm³/mol. The minimum absolute atomic E-state index is 0.0381. The van der Waals surface area contributed by atoms with Gasteiger partial charge in [-0.2, -0.15) is 0 Å². The van der Waals surface area contributed by atoms with Crippen LogP contribution in [-0.2, 0) is 16.0 Å². The van der Waals surface area contributed by atoms with Gasteiger partial charge in [0.25, 0.3) is 5.56 Å². The molecule has 1 aromatic carbocycles. The Morgan fingerprint density at radius 2 is 1.95 bits per heavy atom. The molecule has 20 heavy (non-hydrogen) atoms. The molecule has 0 aliphatic heterocycles. The number of aromatic amines is 1. The zero-order chi connectivity index (χ0) is 14.5. The smallest absolute Gasteiger partial charge is 0.311 e. The third-order valence-corrected chi connectivity index (χ3v) is 2.71. The van der Waals surface area contributed by atoms with Gasteiger partial charge in [0.05, 0.1) is 26.3 Å². The second-order valence-corrected chi connectivity index (χ2v) is 4.07. The molecule has 0 radical (unpaired) electrons. The Morgan fingerprint density at radius 3 is 2.55 bits per heavy atom. The number of hydrogen-bond donors (Lipinski definition) is 1. The zero-order valence-electron chi connectivity index (χ0n) is 11.2. The van der Waals surface area contributed by atoms with Crippen molar-refractivity contribution in [1.29, 1.82) is 0 Å². The number of carbonyl (C=O) groups is 1. The van der Waals surface area contributed by atoms with E-state index in [-0.39, 0.29) is 12.0 Å². The maximum Gasteiger partial charge on any atom is 0.311 e. The van der Waals surface area contributed by atoms with E-state index in [4.69, 9.17) is 4.74 Å². The van der Waals surface area contributed by atoms with Crippen LogP contribution in [0.2, 0.25) is 0 Å². The first kappa shape index (κ1) is 13.8. The van der Waals surface area contributed by atoms with Crippen LogP contribution in [0.4, 0.5) is 0 Å². The van der Waals surface area contributed by atoms with Crippen LogP contribution >= 0.6 is 0 Å². The Kier molecular flexibility index (Phi) is 4.14. The van der Waals surface area contributed by atoms with E-state index in [1.807, 2.05) is 0 Å². The van der Waals surface area contributed by atoms with Gasteiger partial charge in [0.2, 0.25) is 0 Å². The summed E-state index contributed by atoms with van der Waals surface area (Å²) >= 11 is 0. The molecule has 1 aromatic heterocycles. The molecule has 0 spiro atoms. The highest BCUT2D eigenvalue weighted by Gasteiger charge is 2.08. The number of H-pyrrole nitrogens is 1. The summed E-state index contributed by atoms with van der Waals surface area (Å²) in [5, 5.41) is 0. The lowest BCUT2D eigenvalue weighted by atomic mass is 10.2. The SMILES string of the molecule is COC(=O)Cc1cc(=O)[nH]c(-c2ccc(OC)cc2)n1. The van der Waals surface area contributed by atoms with E-state index < -0.39 is 5.97 Å². The first-order valence-corrected chi connectivity index (χ1v) is 5.94. The van der Waals surface area contributed by atoms with E-state index in [0.717, 1.165) is 5.56 Å². The Hall–Kier alpha value is -2.63. The Bertz CT molecular complexity index is 662. The van der Waals surface area contributed by atoms with Crippen molar-refractivity contribution >= 4 is 5.97 Å². The van der Waals surface area contributed by atoms with Crippen LogP contribution in [0.5, 0.6) is 5.75 Å². The predicted octanol–water partition coefficient (Wildman–Crippen LogP) is 1.16. The van der Waals surface area contributed by atoms with Gasteiger partial charge in [-0.25, -0.2) is 4.98 Å². The minimum atomic E-state index is -0.441. The fourth-order valence-corrected chi connectivity index (χ4v) is 1.70. The van der Waals surface area contributed by atoms with Gasteiger partial charge in [0.1, 0.15) is 11.6 Å². The van der Waals surface area contributed by atoms with Gasteiger partial charge in [-0.15, -0.1) is 0 Å². The van der Waals surface area contributed by atoms with Crippen LogP contribution < -0.4 is 10.3 Å². The summed E-state index contributed by atoms with van der Waals surface area (Å²) in [6.45, 7) is 0. The molecule has 0 unspecified atom stereocenters. The van der Waals surface area contributed by atoms with E-state index in [1.165, 1.54) is 13.2 Å². The molecule has 6 heteroatoms. The number of nitrogens with one attached hydrogen (secondary N) is 1. The third-order valence-electron chi connectivity index (χ3n) is 2.71. The number of hydrogen-bond acceptors (Lipinski definition) is 5. The van der Waals surface area contributed by atoms with Crippen molar-refractivity contribution in [2.24, 2.45) is 0 Å². The summed E-state index contributed by atoms with van der Waals surface area (Å²) in [5.74, 6) is 0.671. The average molecular weight is 274 g/mol. The van der Waals surface area contributed by atoms with Gasteiger partial charge >= 0.3 is 5.97 Å². The Morgan fingerprint density at radius 1 is 1.25 bits per heavy atom. The molecular weight excluding hydrogens is 260 g/mol. The van der Waals surface area contributed by atoms with Crippen LogP contribution in [-0.4, -0.2) is 30.2 Å². The van der Waals surface area contributed by atoms with E-state index >= 15 is 0 Å². The third kappa shape index (κ3) is 3.23. The largest absolute Gasteiger partial charge is 0.497 e. The molecule has 0 saturated heterocycles. The molecule has 0 amide bonds. The van der Waals surface area contributed by atoms with Crippen LogP contribution in [0.15, 0.2) is 35.1 Å². The maximum atomic E-state index is 11.6. The van der Waals surface area contributed by atoms with Crippen LogP contribution in [0.3, 0.4) is 0 Å². The monoisotopic (exact) mass is 274 g/mol. The number of rotatable bonds is 4. The quantitative estimate of drug-likeness (QED) is 0.846. The fraction of sp³-hybridized carbons (Fsp3) is 0.214. The average Bonchev–Trinajstić information content (AvgIpc) is 2.46. The first-order valence-electron chi connectivity index (χ1n) is 5.94. The highest BCUT2D eigenvalue weighted by Crippen LogP contribution is 2.18. The van der Waals surface area contributed by atoms with Crippen molar-refractivity contribution in [1.82, 2.24) is 9.97 Å². The van der Waals surface area contributed by atoms with Gasteiger partial charge in [0.15, 0.2) is 0 Å². The number of benzene rings is 1. The number of methoxy groups -OCH3 is 2. The summed E-state index contributed by atoms with van der Waals surface area (Å²) in [7, 11) is 2.87. The van der Waals surface area contributed by atoms with E-state index in [9.17, 15) is 9.59 Å². The minimum Gasteiger partial charge on any atom is -0.497 e. The van der Waals surface area contributed by atoms with Crippen LogP contribution in [0.1, 0.15) is 5.69 Å². The molecule has 1 N–H and O–H groups in total. The maximum absolute atomic E-state index is 11.6.